The molecule has 0 N–H and O–H groups in total. The maximum Gasteiger partial charge on any atom is 0.338 e. The first kappa shape index (κ1) is 27.1. The molecule has 2 aromatic heterocycles. The summed E-state index contributed by atoms with van der Waals surface area (Å²) in [6.45, 7) is 3.59. The number of methoxy groups -OCH3 is 1. The minimum atomic E-state index is -0.765. The van der Waals surface area contributed by atoms with Gasteiger partial charge < -0.3 is 13.9 Å². The van der Waals surface area contributed by atoms with Gasteiger partial charge in [-0.2, -0.15) is 0 Å². The van der Waals surface area contributed by atoms with Gasteiger partial charge in [0.05, 0.1) is 45.5 Å². The first-order valence-electron chi connectivity index (χ1n) is 12.1. The van der Waals surface area contributed by atoms with Gasteiger partial charge in [0.2, 0.25) is 0 Å². The third-order valence-corrected chi connectivity index (χ3v) is 7.59. The minimum absolute atomic E-state index is 0.128. The molecule has 0 saturated heterocycles. The summed E-state index contributed by atoms with van der Waals surface area (Å²) in [4.78, 5) is 42.4. The van der Waals surface area contributed by atoms with Crippen molar-refractivity contribution in [3.63, 3.8) is 0 Å². The summed E-state index contributed by atoms with van der Waals surface area (Å²) in [5.74, 6) is 0.727. The van der Waals surface area contributed by atoms with E-state index in [2.05, 4.69) is 4.99 Å². The van der Waals surface area contributed by atoms with Crippen LogP contribution in [0.4, 0.5) is 5.69 Å². The number of aromatic nitrogens is 1. The molecule has 40 heavy (non-hydrogen) atoms. The second-order valence-electron chi connectivity index (χ2n) is 8.70. The largest absolute Gasteiger partial charge is 0.497 e. The number of fused-ring (bicyclic) bond motifs is 1. The number of hydrogen-bond acceptors (Lipinski definition) is 9. The fourth-order valence-electron chi connectivity index (χ4n) is 4.41. The van der Waals surface area contributed by atoms with E-state index in [1.807, 2.05) is 0 Å². The smallest absolute Gasteiger partial charge is 0.338 e. The lowest BCUT2D eigenvalue weighted by molar-refractivity contribution is -0.384. The molecule has 1 aliphatic rings. The van der Waals surface area contributed by atoms with E-state index in [9.17, 15) is 19.7 Å². The molecule has 0 radical (unpaired) electrons. The molecule has 4 aromatic rings. The van der Waals surface area contributed by atoms with Gasteiger partial charge in [-0.1, -0.05) is 35.1 Å². The number of carbonyl (C=O) groups is 1. The molecule has 0 amide bonds. The first-order chi connectivity index (χ1) is 19.2. The number of benzene rings is 2. The predicted octanol–water partition coefficient (Wildman–Crippen LogP) is 4.63. The summed E-state index contributed by atoms with van der Waals surface area (Å²) in [7, 11) is 1.55. The molecule has 12 heteroatoms. The molecule has 0 spiro atoms. The van der Waals surface area contributed by atoms with E-state index >= 15 is 0 Å². The fraction of sp³-hybridized carbons (Fsp3) is 0.179. The van der Waals surface area contributed by atoms with Crippen molar-refractivity contribution in [2.75, 3.05) is 13.7 Å². The van der Waals surface area contributed by atoms with Crippen LogP contribution in [0.1, 0.15) is 31.2 Å². The van der Waals surface area contributed by atoms with Crippen LogP contribution in [-0.4, -0.2) is 29.2 Å². The van der Waals surface area contributed by atoms with Crippen molar-refractivity contribution in [2.24, 2.45) is 4.99 Å². The van der Waals surface area contributed by atoms with Gasteiger partial charge in [0, 0.05) is 23.8 Å². The highest BCUT2D eigenvalue weighted by Gasteiger charge is 2.33. The molecular weight excluding hydrogens is 558 g/mol. The number of thiazole rings is 1. The van der Waals surface area contributed by atoms with E-state index in [1.54, 1.807) is 63.4 Å². The topological polar surface area (TPSA) is 126 Å². The third-order valence-electron chi connectivity index (χ3n) is 6.27. The number of nitrogens with zero attached hydrogens (tertiary/aromatic N) is 3. The number of nitro groups is 1. The van der Waals surface area contributed by atoms with E-state index in [0.717, 1.165) is 11.3 Å². The van der Waals surface area contributed by atoms with Crippen LogP contribution in [0.2, 0.25) is 5.02 Å². The molecule has 0 fully saturated rings. The molecule has 5 rings (SSSR count). The Morgan fingerprint density at radius 3 is 2.65 bits per heavy atom. The molecule has 10 nitrogen and oxygen atoms in total. The molecule has 0 saturated carbocycles. The van der Waals surface area contributed by atoms with Gasteiger partial charge in [-0.3, -0.25) is 19.5 Å². The maximum absolute atomic E-state index is 13.8. The number of carbonyl (C=O) groups excluding carboxylic acids is 1. The van der Waals surface area contributed by atoms with Gasteiger partial charge in [0.25, 0.3) is 11.2 Å². The van der Waals surface area contributed by atoms with Crippen LogP contribution in [0, 0.1) is 10.1 Å². The van der Waals surface area contributed by atoms with Gasteiger partial charge in [-0.05, 0) is 49.7 Å². The third kappa shape index (κ3) is 4.96. The number of furan rings is 1. The lowest BCUT2D eigenvalue weighted by atomic mass is 9.96. The molecule has 204 valence electrons. The molecule has 0 bridgehead atoms. The van der Waals surface area contributed by atoms with Crippen LogP contribution in [0.25, 0.3) is 17.4 Å². The Hall–Kier alpha value is -4.48. The normalized spacial score (nSPS) is 15.0. The van der Waals surface area contributed by atoms with Crippen LogP contribution < -0.4 is 19.6 Å². The quantitative estimate of drug-likeness (QED) is 0.177. The predicted molar refractivity (Wildman–Crippen MR) is 149 cm³/mol. The van der Waals surface area contributed by atoms with E-state index in [1.165, 1.54) is 22.8 Å². The Morgan fingerprint density at radius 2 is 1.98 bits per heavy atom. The van der Waals surface area contributed by atoms with Gasteiger partial charge in [-0.15, -0.1) is 0 Å². The fourth-order valence-corrected chi connectivity index (χ4v) is 5.65. The second kappa shape index (κ2) is 10.9. The van der Waals surface area contributed by atoms with Crippen LogP contribution in [0.15, 0.2) is 80.1 Å². The maximum atomic E-state index is 13.8. The highest BCUT2D eigenvalue weighted by atomic mass is 35.5. The number of nitro benzene ring substituents is 1. The average Bonchev–Trinajstić information content (AvgIpc) is 3.52. The zero-order valence-electron chi connectivity index (χ0n) is 21.5. The summed E-state index contributed by atoms with van der Waals surface area (Å²) in [5.41, 5.74) is 1.26. The monoisotopic (exact) mass is 579 g/mol. The lowest BCUT2D eigenvalue weighted by Gasteiger charge is -2.24. The van der Waals surface area contributed by atoms with Crippen LogP contribution >= 0.6 is 22.9 Å². The number of hydrogen-bond donors (Lipinski definition) is 0. The number of allylic oxidation sites excluding steroid dienone is 1. The molecule has 2 aromatic carbocycles. The minimum Gasteiger partial charge on any atom is -0.497 e. The van der Waals surface area contributed by atoms with Gasteiger partial charge >= 0.3 is 5.97 Å². The van der Waals surface area contributed by atoms with Crippen LogP contribution in [0.5, 0.6) is 5.75 Å². The van der Waals surface area contributed by atoms with E-state index in [-0.39, 0.29) is 28.4 Å². The van der Waals surface area contributed by atoms with Crippen LogP contribution in [-0.2, 0) is 9.53 Å². The molecule has 0 aliphatic carbocycles. The Labute approximate surface area is 236 Å². The molecular formula is C28H22ClN3O7S. The van der Waals surface area contributed by atoms with Gasteiger partial charge in [0.1, 0.15) is 17.3 Å². The van der Waals surface area contributed by atoms with Crippen molar-refractivity contribution >= 4 is 40.7 Å². The zero-order valence-corrected chi connectivity index (χ0v) is 23.1. The summed E-state index contributed by atoms with van der Waals surface area (Å²) < 4.78 is 18.3. The van der Waals surface area contributed by atoms with Crippen molar-refractivity contribution in [3.05, 3.63) is 112 Å². The highest BCUT2D eigenvalue weighted by Crippen LogP contribution is 2.33. The average molecular weight is 580 g/mol. The summed E-state index contributed by atoms with van der Waals surface area (Å²) in [5, 5.41) is 11.5. The van der Waals surface area contributed by atoms with Crippen LogP contribution in [0.3, 0.4) is 0 Å². The van der Waals surface area contributed by atoms with Crippen molar-refractivity contribution in [3.8, 4) is 17.1 Å². The summed E-state index contributed by atoms with van der Waals surface area (Å²) in [6, 6.07) is 13.7. The van der Waals surface area contributed by atoms with Gasteiger partial charge in [-0.25, -0.2) is 9.79 Å². The lowest BCUT2D eigenvalue weighted by Crippen LogP contribution is -2.39. The number of ether oxygens (including phenoxy) is 2. The highest BCUT2D eigenvalue weighted by molar-refractivity contribution is 7.07. The molecule has 1 aliphatic heterocycles. The molecule has 3 heterocycles. The first-order valence-corrected chi connectivity index (χ1v) is 13.3. The Kier molecular flexibility index (Phi) is 7.42. The second-order valence-corrected chi connectivity index (χ2v) is 10.1. The number of halogens is 1. The number of rotatable bonds is 7. The SMILES string of the molecule is CCOC(=O)C1=C(C)N=c2s/c(=C/c3ccc(-c4cc([N+](=O)[O-])ccc4Cl)o3)c(=O)n2[C@@H]1c1ccc(OC)cc1. The zero-order chi connectivity index (χ0) is 28.6. The van der Waals surface area contributed by atoms with E-state index in [0.29, 0.717) is 43.4 Å². The van der Waals surface area contributed by atoms with Gasteiger partial charge in [0.15, 0.2) is 4.80 Å². The summed E-state index contributed by atoms with van der Waals surface area (Å²) >= 11 is 7.41. The summed E-state index contributed by atoms with van der Waals surface area (Å²) in [6.07, 6.45) is 1.56. The molecule has 1 atom stereocenters. The standard InChI is InChI=1S/C28H22ClN3O7S/c1-4-38-27(34)24-15(2)30-28-31(25(24)16-5-8-18(37-3)9-6-16)26(33)23(40-28)14-19-10-12-22(39-19)20-13-17(32(35)36)7-11-21(20)29/h5-14,25H,4H2,1-3H3/b23-14+/t25-/m1/s1. The van der Waals surface area contributed by atoms with E-state index in [4.69, 9.17) is 25.5 Å². The Morgan fingerprint density at radius 1 is 1.23 bits per heavy atom. The van der Waals surface area contributed by atoms with E-state index < -0.39 is 16.9 Å². The van der Waals surface area contributed by atoms with Crippen molar-refractivity contribution in [1.29, 1.82) is 0 Å². The molecule has 0 unspecified atom stereocenters. The Bertz CT molecular complexity index is 1850. The number of non-ortho nitro benzene ring substituents is 1. The van der Waals surface area contributed by atoms with Crippen molar-refractivity contribution in [1.82, 2.24) is 4.57 Å². The van der Waals surface area contributed by atoms with Crippen molar-refractivity contribution < 1.29 is 23.6 Å². The Balaban J connectivity index is 1.62. The number of esters is 1. The van der Waals surface area contributed by atoms with Crippen molar-refractivity contribution in [2.45, 2.75) is 19.9 Å².